The summed E-state index contributed by atoms with van der Waals surface area (Å²) in [7, 11) is 0. The summed E-state index contributed by atoms with van der Waals surface area (Å²) >= 11 is 1.41. The van der Waals surface area contributed by atoms with Crippen molar-refractivity contribution in [2.75, 3.05) is 37.8 Å². The highest BCUT2D eigenvalue weighted by Gasteiger charge is 2.25. The van der Waals surface area contributed by atoms with Crippen LogP contribution in [0.4, 0.5) is 5.00 Å². The summed E-state index contributed by atoms with van der Waals surface area (Å²) in [5.74, 6) is -0.543. The number of thiophene rings is 1. The number of nitrogens with zero attached hydrogens (tertiary/aromatic N) is 1. The van der Waals surface area contributed by atoms with Crippen molar-refractivity contribution in [1.29, 1.82) is 0 Å². The van der Waals surface area contributed by atoms with Crippen molar-refractivity contribution in [3.63, 3.8) is 0 Å². The highest BCUT2D eigenvalue weighted by atomic mass is 32.1. The van der Waals surface area contributed by atoms with Crippen LogP contribution in [-0.2, 0) is 14.3 Å². The van der Waals surface area contributed by atoms with E-state index in [1.54, 1.807) is 0 Å². The van der Waals surface area contributed by atoms with Crippen LogP contribution in [0.5, 0.6) is 0 Å². The Balaban J connectivity index is 1.84. The lowest BCUT2D eigenvalue weighted by Gasteiger charge is -2.28. The fourth-order valence-electron chi connectivity index (χ4n) is 2.73. The van der Waals surface area contributed by atoms with Gasteiger partial charge in [-0.15, -0.1) is 11.3 Å². The maximum atomic E-state index is 12.5. The van der Waals surface area contributed by atoms with Crippen LogP contribution in [0.25, 0.3) is 11.1 Å². The molecule has 2 aromatic rings. The fourth-order valence-corrected chi connectivity index (χ4v) is 3.85. The molecule has 0 unspecified atom stereocenters. The van der Waals surface area contributed by atoms with Crippen molar-refractivity contribution in [3.8, 4) is 11.1 Å². The zero-order valence-corrected chi connectivity index (χ0v) is 16.8. The number of anilines is 1. The van der Waals surface area contributed by atoms with Crippen molar-refractivity contribution >= 4 is 28.1 Å². The highest BCUT2D eigenvalue weighted by molar-refractivity contribution is 7.18. The predicted octanol–water partition coefficient (Wildman–Crippen LogP) is 4.02. The number of morpholine rings is 1. The van der Waals surface area contributed by atoms with E-state index in [4.69, 9.17) is 9.47 Å². The molecule has 0 radical (unpaired) electrons. The smallest absolute Gasteiger partial charge is 0.348 e. The van der Waals surface area contributed by atoms with E-state index in [0.717, 1.165) is 29.2 Å². The van der Waals surface area contributed by atoms with Gasteiger partial charge >= 0.3 is 5.97 Å². The second-order valence-corrected chi connectivity index (χ2v) is 8.57. The predicted molar refractivity (Wildman–Crippen MR) is 108 cm³/mol. The minimum atomic E-state index is -0.524. The second kappa shape index (κ2) is 8.23. The van der Waals surface area contributed by atoms with E-state index in [0.29, 0.717) is 18.1 Å². The van der Waals surface area contributed by atoms with Crippen LogP contribution in [0.2, 0.25) is 0 Å². The van der Waals surface area contributed by atoms with Gasteiger partial charge in [0.25, 0.3) is 0 Å². The lowest BCUT2D eigenvalue weighted by molar-refractivity contribution is -0.129. The summed E-state index contributed by atoms with van der Waals surface area (Å²) in [5.41, 5.74) is 1.54. The minimum absolute atomic E-state index is 0.0934. The molecule has 1 aliphatic rings. The minimum Gasteiger partial charge on any atom is -0.453 e. The Hall–Kier alpha value is -2.18. The van der Waals surface area contributed by atoms with Gasteiger partial charge < -0.3 is 14.4 Å². The molecule has 0 N–H and O–H groups in total. The largest absolute Gasteiger partial charge is 0.453 e. The number of hydrogen-bond acceptors (Lipinski definition) is 6. The summed E-state index contributed by atoms with van der Waals surface area (Å²) in [6, 6.07) is 11.9. The molecule has 0 atom stereocenters. The average Bonchev–Trinajstić information content (AvgIpc) is 3.12. The van der Waals surface area contributed by atoms with E-state index in [1.807, 2.05) is 57.2 Å². The Labute approximate surface area is 163 Å². The van der Waals surface area contributed by atoms with E-state index in [1.165, 1.54) is 11.3 Å². The zero-order chi connectivity index (χ0) is 19.4. The highest BCUT2D eigenvalue weighted by Crippen LogP contribution is 2.39. The molecular formula is C21H25NO4S. The first-order valence-electron chi connectivity index (χ1n) is 9.08. The number of Topliss-reactive ketones (excluding diaryl/α,β-unsaturated/α-hetero) is 1. The Kier molecular flexibility index (Phi) is 5.97. The number of esters is 1. The van der Waals surface area contributed by atoms with E-state index >= 15 is 0 Å². The van der Waals surface area contributed by atoms with Crippen molar-refractivity contribution in [2.24, 2.45) is 5.41 Å². The molecule has 2 heterocycles. The van der Waals surface area contributed by atoms with Crippen LogP contribution in [0.1, 0.15) is 30.4 Å². The number of carbonyl (C=O) groups is 2. The molecule has 5 nitrogen and oxygen atoms in total. The number of ether oxygens (including phenoxy) is 2. The SMILES string of the molecule is CC(C)(C)C(=O)COC(=O)c1cc(-c2ccccc2)c(N2CCOCC2)s1. The third kappa shape index (κ3) is 4.76. The van der Waals surface area contributed by atoms with E-state index in [9.17, 15) is 9.59 Å². The standard InChI is InChI=1S/C21H25NO4S/c1-21(2,3)18(23)14-26-20(24)17-13-16(15-7-5-4-6-8-15)19(27-17)22-9-11-25-12-10-22/h4-8,13H,9-12,14H2,1-3H3. The molecule has 0 saturated carbocycles. The third-order valence-corrected chi connectivity index (χ3v) is 5.64. The maximum Gasteiger partial charge on any atom is 0.348 e. The molecule has 1 aliphatic heterocycles. The van der Waals surface area contributed by atoms with E-state index in [2.05, 4.69) is 4.90 Å². The van der Waals surface area contributed by atoms with Crippen LogP contribution in [-0.4, -0.2) is 44.7 Å². The summed E-state index contributed by atoms with van der Waals surface area (Å²) in [4.78, 5) is 27.3. The number of benzene rings is 1. The van der Waals surface area contributed by atoms with Gasteiger partial charge in [0.2, 0.25) is 0 Å². The Morgan fingerprint density at radius 2 is 1.81 bits per heavy atom. The molecule has 6 heteroatoms. The maximum absolute atomic E-state index is 12.5. The molecule has 0 spiro atoms. The van der Waals surface area contributed by atoms with Crippen LogP contribution in [0.15, 0.2) is 36.4 Å². The Bertz CT molecular complexity index is 801. The monoisotopic (exact) mass is 387 g/mol. The summed E-state index contributed by atoms with van der Waals surface area (Å²) in [6.07, 6.45) is 0. The van der Waals surface area contributed by atoms with Gasteiger partial charge in [-0.3, -0.25) is 4.79 Å². The average molecular weight is 388 g/mol. The lowest BCUT2D eigenvalue weighted by Crippen LogP contribution is -2.35. The molecular weight excluding hydrogens is 362 g/mol. The van der Waals surface area contributed by atoms with Gasteiger partial charge in [0, 0.05) is 24.1 Å². The van der Waals surface area contributed by atoms with Crippen molar-refractivity contribution < 1.29 is 19.1 Å². The van der Waals surface area contributed by atoms with E-state index < -0.39 is 11.4 Å². The van der Waals surface area contributed by atoms with Crippen LogP contribution in [0.3, 0.4) is 0 Å². The van der Waals surface area contributed by atoms with Crippen molar-refractivity contribution in [3.05, 3.63) is 41.3 Å². The summed E-state index contributed by atoms with van der Waals surface area (Å²) in [6.45, 7) is 8.18. The van der Waals surface area contributed by atoms with Gasteiger partial charge in [-0.25, -0.2) is 4.79 Å². The van der Waals surface area contributed by atoms with Crippen LogP contribution >= 0.6 is 11.3 Å². The molecule has 144 valence electrons. The van der Waals surface area contributed by atoms with Gasteiger partial charge in [-0.05, 0) is 11.6 Å². The van der Waals surface area contributed by atoms with Gasteiger partial charge in [0.1, 0.15) is 4.88 Å². The quantitative estimate of drug-likeness (QED) is 0.725. The molecule has 1 fully saturated rings. The van der Waals surface area contributed by atoms with Gasteiger partial charge in [-0.1, -0.05) is 51.1 Å². The normalized spacial score (nSPS) is 14.9. The number of hydrogen-bond donors (Lipinski definition) is 0. The lowest BCUT2D eigenvalue weighted by atomic mass is 9.91. The Morgan fingerprint density at radius 3 is 2.44 bits per heavy atom. The van der Waals surface area contributed by atoms with Crippen molar-refractivity contribution in [1.82, 2.24) is 0 Å². The molecule has 1 saturated heterocycles. The van der Waals surface area contributed by atoms with Crippen LogP contribution < -0.4 is 4.90 Å². The molecule has 1 aromatic carbocycles. The first kappa shape index (κ1) is 19.6. The molecule has 0 amide bonds. The topological polar surface area (TPSA) is 55.8 Å². The van der Waals surface area contributed by atoms with E-state index in [-0.39, 0.29) is 12.4 Å². The zero-order valence-electron chi connectivity index (χ0n) is 16.0. The third-order valence-electron chi connectivity index (χ3n) is 4.47. The molecule has 0 aliphatic carbocycles. The number of ketones is 1. The van der Waals surface area contributed by atoms with Gasteiger partial charge in [-0.2, -0.15) is 0 Å². The first-order chi connectivity index (χ1) is 12.9. The number of carbonyl (C=O) groups excluding carboxylic acids is 2. The van der Waals surface area contributed by atoms with Crippen LogP contribution in [0, 0.1) is 5.41 Å². The van der Waals surface area contributed by atoms with Gasteiger partial charge in [0.15, 0.2) is 12.4 Å². The Morgan fingerprint density at radius 1 is 1.15 bits per heavy atom. The van der Waals surface area contributed by atoms with Gasteiger partial charge in [0.05, 0.1) is 18.2 Å². The molecule has 3 rings (SSSR count). The number of rotatable bonds is 5. The second-order valence-electron chi connectivity index (χ2n) is 7.54. The molecule has 0 bridgehead atoms. The first-order valence-corrected chi connectivity index (χ1v) is 9.90. The molecule has 27 heavy (non-hydrogen) atoms. The fraction of sp³-hybridized carbons (Fsp3) is 0.429. The molecule has 1 aromatic heterocycles. The van der Waals surface area contributed by atoms with Crippen molar-refractivity contribution in [2.45, 2.75) is 20.8 Å². The summed E-state index contributed by atoms with van der Waals surface area (Å²) < 4.78 is 10.7. The summed E-state index contributed by atoms with van der Waals surface area (Å²) in [5, 5.41) is 1.04.